The summed E-state index contributed by atoms with van der Waals surface area (Å²) in [6, 6.07) is 10.3. The van der Waals surface area contributed by atoms with Gasteiger partial charge in [-0.25, -0.2) is 0 Å². The first-order valence-corrected chi connectivity index (χ1v) is 9.34. The maximum absolute atomic E-state index is 3.22. The number of aryl methyl sites for hydroxylation is 1. The van der Waals surface area contributed by atoms with Gasteiger partial charge in [0, 0.05) is 32.7 Å². The fourth-order valence-corrected chi connectivity index (χ4v) is 2.80. The third kappa shape index (κ3) is 12.2. The zero-order chi connectivity index (χ0) is 16.8. The van der Waals surface area contributed by atoms with Crippen LogP contribution in [0.4, 0.5) is 0 Å². The van der Waals surface area contributed by atoms with Crippen LogP contribution < -0.4 is 10.6 Å². The molecule has 0 radical (unpaired) electrons. The fourth-order valence-electron chi connectivity index (χ4n) is 2.80. The quantitative estimate of drug-likeness (QED) is 0.876. The molecular weight excluding hydrogens is 282 g/mol. The summed E-state index contributed by atoms with van der Waals surface area (Å²) in [5.74, 6) is 0.845. The van der Waals surface area contributed by atoms with Crippen LogP contribution in [0.3, 0.4) is 0 Å². The first-order valence-electron chi connectivity index (χ1n) is 9.34. The molecule has 1 aromatic rings. The lowest BCUT2D eigenvalue weighted by Gasteiger charge is -2.27. The molecule has 0 bridgehead atoms. The molecular formula is C20H37N3. The van der Waals surface area contributed by atoms with Crippen molar-refractivity contribution in [2.75, 3.05) is 45.8 Å². The molecule has 3 nitrogen and oxygen atoms in total. The zero-order valence-corrected chi connectivity index (χ0v) is 15.5. The molecule has 1 aromatic carbocycles. The first kappa shape index (κ1) is 20.1. The first-order chi connectivity index (χ1) is 11.2. The van der Waals surface area contributed by atoms with Crippen molar-refractivity contribution >= 4 is 0 Å². The van der Waals surface area contributed by atoms with Crippen molar-refractivity contribution in [1.82, 2.24) is 15.5 Å². The third-order valence-corrected chi connectivity index (χ3v) is 3.97. The van der Waals surface area contributed by atoms with Crippen LogP contribution in [0.5, 0.6) is 0 Å². The molecule has 2 N–H and O–H groups in total. The molecule has 0 aliphatic carbocycles. The van der Waals surface area contributed by atoms with Gasteiger partial charge in [0.2, 0.25) is 0 Å². The third-order valence-electron chi connectivity index (χ3n) is 3.97. The Labute approximate surface area is 143 Å². The molecule has 23 heavy (non-hydrogen) atoms. The predicted molar refractivity (Wildman–Crippen MR) is 102 cm³/mol. The molecule has 2 aliphatic heterocycles. The summed E-state index contributed by atoms with van der Waals surface area (Å²) in [4.78, 5) is 2.59. The van der Waals surface area contributed by atoms with Crippen molar-refractivity contribution in [2.45, 2.75) is 40.0 Å². The van der Waals surface area contributed by atoms with E-state index in [9.17, 15) is 0 Å². The Morgan fingerprint density at radius 1 is 0.870 bits per heavy atom. The average Bonchev–Trinajstić information content (AvgIpc) is 2.59. The summed E-state index contributed by atoms with van der Waals surface area (Å²) in [6.45, 7) is 15.2. The number of likely N-dealkylation sites (tertiary alicyclic amines) is 1. The Morgan fingerprint density at radius 2 is 1.39 bits per heavy atom. The SMILES string of the molecule is C1CNCCN1.CC(C)CN1CCCCC1.Cc1ccccc1. The van der Waals surface area contributed by atoms with E-state index in [1.54, 1.807) is 0 Å². The summed E-state index contributed by atoms with van der Waals surface area (Å²) in [7, 11) is 0. The number of piperidine rings is 1. The molecule has 0 spiro atoms. The lowest BCUT2D eigenvalue weighted by Crippen LogP contribution is -2.39. The Bertz CT molecular complexity index is 343. The predicted octanol–water partition coefficient (Wildman–Crippen LogP) is 3.30. The Hall–Kier alpha value is -0.900. The standard InChI is InChI=1S/C9H19N.C7H8.C4H10N2/c1-9(2)8-10-6-4-3-5-7-10;1-7-5-3-2-4-6-7;1-2-6-4-3-5-1/h9H,3-8H2,1-2H3;2-6H,1H3;5-6H,1-4H2. The minimum absolute atomic E-state index is 0.845. The van der Waals surface area contributed by atoms with E-state index in [2.05, 4.69) is 48.4 Å². The molecule has 0 amide bonds. The molecule has 2 aliphatic rings. The lowest BCUT2D eigenvalue weighted by atomic mass is 10.1. The van der Waals surface area contributed by atoms with Gasteiger partial charge in [0.05, 0.1) is 0 Å². The van der Waals surface area contributed by atoms with Crippen LogP contribution >= 0.6 is 0 Å². The molecule has 2 heterocycles. The van der Waals surface area contributed by atoms with E-state index in [1.165, 1.54) is 44.5 Å². The van der Waals surface area contributed by atoms with E-state index in [0.717, 1.165) is 32.1 Å². The second kappa shape index (κ2) is 13.5. The molecule has 0 atom stereocenters. The molecule has 132 valence electrons. The minimum Gasteiger partial charge on any atom is -0.314 e. The van der Waals surface area contributed by atoms with E-state index < -0.39 is 0 Å². The summed E-state index contributed by atoms with van der Waals surface area (Å²) < 4.78 is 0. The van der Waals surface area contributed by atoms with Crippen LogP contribution in [0.2, 0.25) is 0 Å². The van der Waals surface area contributed by atoms with E-state index in [4.69, 9.17) is 0 Å². The maximum atomic E-state index is 3.22. The second-order valence-electron chi connectivity index (χ2n) is 6.91. The van der Waals surface area contributed by atoms with Crippen LogP contribution in [-0.4, -0.2) is 50.7 Å². The largest absolute Gasteiger partial charge is 0.314 e. The number of rotatable bonds is 2. The van der Waals surface area contributed by atoms with Crippen LogP contribution in [-0.2, 0) is 0 Å². The van der Waals surface area contributed by atoms with Crippen LogP contribution in [0.1, 0.15) is 38.7 Å². The van der Waals surface area contributed by atoms with Gasteiger partial charge < -0.3 is 15.5 Å². The Balaban J connectivity index is 0.000000179. The topological polar surface area (TPSA) is 27.3 Å². The number of hydrogen-bond acceptors (Lipinski definition) is 3. The molecule has 0 aromatic heterocycles. The van der Waals surface area contributed by atoms with Crippen LogP contribution in [0.15, 0.2) is 30.3 Å². The van der Waals surface area contributed by atoms with Gasteiger partial charge in [0.15, 0.2) is 0 Å². The maximum Gasteiger partial charge on any atom is 0.00772 e. The van der Waals surface area contributed by atoms with Gasteiger partial charge in [-0.3, -0.25) is 0 Å². The summed E-state index contributed by atoms with van der Waals surface area (Å²) in [6.07, 6.45) is 4.30. The monoisotopic (exact) mass is 319 g/mol. The van der Waals surface area contributed by atoms with E-state index in [-0.39, 0.29) is 0 Å². The van der Waals surface area contributed by atoms with Crippen molar-refractivity contribution in [2.24, 2.45) is 5.92 Å². The number of piperazine rings is 1. The summed E-state index contributed by atoms with van der Waals surface area (Å²) in [5, 5.41) is 6.44. The van der Waals surface area contributed by atoms with Crippen molar-refractivity contribution in [3.63, 3.8) is 0 Å². The van der Waals surface area contributed by atoms with Gasteiger partial charge in [0.1, 0.15) is 0 Å². The number of hydrogen-bond donors (Lipinski definition) is 2. The highest BCUT2D eigenvalue weighted by Crippen LogP contribution is 2.10. The van der Waals surface area contributed by atoms with Crippen molar-refractivity contribution in [3.8, 4) is 0 Å². The Morgan fingerprint density at radius 3 is 1.74 bits per heavy atom. The molecule has 3 heteroatoms. The number of nitrogens with one attached hydrogen (secondary N) is 2. The Kier molecular flexibility index (Phi) is 11.9. The molecule has 2 saturated heterocycles. The normalized spacial score (nSPS) is 18.4. The van der Waals surface area contributed by atoms with Crippen LogP contribution in [0.25, 0.3) is 0 Å². The highest BCUT2D eigenvalue weighted by atomic mass is 15.1. The second-order valence-corrected chi connectivity index (χ2v) is 6.91. The van der Waals surface area contributed by atoms with Gasteiger partial charge in [-0.1, -0.05) is 56.2 Å². The minimum atomic E-state index is 0.845. The van der Waals surface area contributed by atoms with Gasteiger partial charge in [0.25, 0.3) is 0 Å². The van der Waals surface area contributed by atoms with Crippen molar-refractivity contribution < 1.29 is 0 Å². The highest BCUT2D eigenvalue weighted by Gasteiger charge is 2.10. The number of benzene rings is 1. The lowest BCUT2D eigenvalue weighted by molar-refractivity contribution is 0.206. The van der Waals surface area contributed by atoms with Gasteiger partial charge in [-0.15, -0.1) is 0 Å². The fraction of sp³-hybridized carbons (Fsp3) is 0.700. The molecule has 0 unspecified atom stereocenters. The van der Waals surface area contributed by atoms with Gasteiger partial charge >= 0.3 is 0 Å². The zero-order valence-electron chi connectivity index (χ0n) is 15.5. The van der Waals surface area contributed by atoms with Gasteiger partial charge in [-0.2, -0.15) is 0 Å². The smallest absolute Gasteiger partial charge is 0.00772 e. The van der Waals surface area contributed by atoms with Gasteiger partial charge in [-0.05, 0) is 38.8 Å². The van der Waals surface area contributed by atoms with E-state index in [0.29, 0.717) is 0 Å². The van der Waals surface area contributed by atoms with E-state index >= 15 is 0 Å². The average molecular weight is 320 g/mol. The highest BCUT2D eigenvalue weighted by molar-refractivity contribution is 5.11. The summed E-state index contributed by atoms with van der Waals surface area (Å²) in [5.41, 5.74) is 1.32. The molecule has 0 saturated carbocycles. The van der Waals surface area contributed by atoms with Crippen molar-refractivity contribution in [3.05, 3.63) is 35.9 Å². The molecule has 2 fully saturated rings. The van der Waals surface area contributed by atoms with E-state index in [1.807, 2.05) is 18.2 Å². The van der Waals surface area contributed by atoms with Crippen molar-refractivity contribution in [1.29, 1.82) is 0 Å². The van der Waals surface area contributed by atoms with Crippen LogP contribution in [0, 0.1) is 12.8 Å². The number of nitrogens with zero attached hydrogens (tertiary/aromatic N) is 1. The summed E-state index contributed by atoms with van der Waals surface area (Å²) >= 11 is 0. The molecule has 3 rings (SSSR count).